The van der Waals surface area contributed by atoms with E-state index in [0.29, 0.717) is 26.2 Å². The molecule has 0 atom stereocenters. The summed E-state index contributed by atoms with van der Waals surface area (Å²) >= 11 is 0. The third-order valence-electron chi connectivity index (χ3n) is 3.17. The van der Waals surface area contributed by atoms with E-state index < -0.39 is 0 Å². The zero-order valence-electron chi connectivity index (χ0n) is 13.9. The molecule has 0 aliphatic carbocycles. The predicted molar refractivity (Wildman–Crippen MR) is 82.1 cm³/mol. The van der Waals surface area contributed by atoms with E-state index in [2.05, 4.69) is 18.6 Å². The molecular weight excluding hydrogens is 272 g/mol. The minimum Gasteiger partial charge on any atom is -0.469 e. The lowest BCUT2D eigenvalue weighted by Crippen LogP contribution is -2.42. The standard InChI is InChI=1S/C15H30N2O4/c1-5-8-17(9-6-2)14(18)13-16(11-12-20-3)10-7-15(19)21-4/h5-13H2,1-4H3. The number of amides is 1. The van der Waals surface area contributed by atoms with E-state index in [1.54, 1.807) is 7.11 Å². The van der Waals surface area contributed by atoms with Crippen molar-refractivity contribution in [3.05, 3.63) is 0 Å². The van der Waals surface area contributed by atoms with Gasteiger partial charge in [-0.05, 0) is 12.8 Å². The fraction of sp³-hybridized carbons (Fsp3) is 0.867. The van der Waals surface area contributed by atoms with E-state index in [9.17, 15) is 9.59 Å². The Hall–Kier alpha value is -1.14. The quantitative estimate of drug-likeness (QED) is 0.506. The number of esters is 1. The molecule has 0 bridgehead atoms. The summed E-state index contributed by atoms with van der Waals surface area (Å²) in [6.07, 6.45) is 2.19. The summed E-state index contributed by atoms with van der Waals surface area (Å²) in [6.45, 7) is 7.69. The Morgan fingerprint density at radius 3 is 2.05 bits per heavy atom. The van der Waals surface area contributed by atoms with E-state index in [0.717, 1.165) is 25.9 Å². The van der Waals surface area contributed by atoms with Crippen LogP contribution in [0.2, 0.25) is 0 Å². The number of methoxy groups -OCH3 is 2. The Balaban J connectivity index is 4.46. The number of hydrogen-bond donors (Lipinski definition) is 0. The van der Waals surface area contributed by atoms with Gasteiger partial charge < -0.3 is 14.4 Å². The second kappa shape index (κ2) is 12.6. The Labute approximate surface area is 128 Å². The van der Waals surface area contributed by atoms with Gasteiger partial charge in [0.05, 0.1) is 26.7 Å². The van der Waals surface area contributed by atoms with Crippen molar-refractivity contribution >= 4 is 11.9 Å². The molecule has 0 aromatic carbocycles. The van der Waals surface area contributed by atoms with Crippen LogP contribution in [0.25, 0.3) is 0 Å². The molecule has 124 valence electrons. The maximum atomic E-state index is 12.3. The van der Waals surface area contributed by atoms with Crippen molar-refractivity contribution in [1.29, 1.82) is 0 Å². The zero-order valence-corrected chi connectivity index (χ0v) is 13.9. The lowest BCUT2D eigenvalue weighted by molar-refractivity contribution is -0.141. The first-order valence-corrected chi connectivity index (χ1v) is 7.64. The first-order valence-electron chi connectivity index (χ1n) is 7.64. The zero-order chi connectivity index (χ0) is 16.1. The van der Waals surface area contributed by atoms with Gasteiger partial charge in [0.1, 0.15) is 0 Å². The van der Waals surface area contributed by atoms with E-state index in [-0.39, 0.29) is 18.3 Å². The molecule has 21 heavy (non-hydrogen) atoms. The van der Waals surface area contributed by atoms with Crippen LogP contribution in [-0.4, -0.2) is 75.2 Å². The molecule has 0 aromatic rings. The molecule has 0 N–H and O–H groups in total. The van der Waals surface area contributed by atoms with Gasteiger partial charge >= 0.3 is 5.97 Å². The molecule has 6 heteroatoms. The van der Waals surface area contributed by atoms with Gasteiger partial charge in [0.15, 0.2) is 0 Å². The minimum absolute atomic E-state index is 0.111. The molecule has 0 aliphatic heterocycles. The van der Waals surface area contributed by atoms with Gasteiger partial charge in [0.2, 0.25) is 5.91 Å². The highest BCUT2D eigenvalue weighted by Crippen LogP contribution is 2.00. The average Bonchev–Trinajstić information content (AvgIpc) is 2.49. The number of rotatable bonds is 12. The SMILES string of the molecule is CCCN(CCC)C(=O)CN(CCOC)CCC(=O)OC. The Kier molecular flexibility index (Phi) is 11.9. The summed E-state index contributed by atoms with van der Waals surface area (Å²) in [5.74, 6) is -0.150. The second-order valence-electron chi connectivity index (χ2n) is 4.98. The van der Waals surface area contributed by atoms with Gasteiger partial charge in [-0.25, -0.2) is 0 Å². The molecule has 0 saturated carbocycles. The average molecular weight is 302 g/mol. The van der Waals surface area contributed by atoms with Crippen molar-refractivity contribution in [1.82, 2.24) is 9.80 Å². The monoisotopic (exact) mass is 302 g/mol. The Morgan fingerprint density at radius 2 is 1.57 bits per heavy atom. The normalized spacial score (nSPS) is 10.7. The highest BCUT2D eigenvalue weighted by atomic mass is 16.5. The first kappa shape index (κ1) is 19.9. The summed E-state index contributed by atoms with van der Waals surface area (Å²) < 4.78 is 9.70. The number of carbonyl (C=O) groups excluding carboxylic acids is 2. The van der Waals surface area contributed by atoms with Crippen LogP contribution in [0.4, 0.5) is 0 Å². The summed E-state index contributed by atoms with van der Waals surface area (Å²) in [6, 6.07) is 0. The minimum atomic E-state index is -0.260. The van der Waals surface area contributed by atoms with Crippen LogP contribution in [0.5, 0.6) is 0 Å². The molecule has 1 amide bonds. The Bertz CT molecular complexity index is 291. The fourth-order valence-corrected chi connectivity index (χ4v) is 2.03. The number of carbonyl (C=O) groups is 2. The van der Waals surface area contributed by atoms with Crippen molar-refractivity contribution < 1.29 is 19.1 Å². The molecule has 0 rings (SSSR count). The molecular formula is C15H30N2O4. The van der Waals surface area contributed by atoms with Crippen LogP contribution in [0.15, 0.2) is 0 Å². The van der Waals surface area contributed by atoms with Gasteiger partial charge in [-0.3, -0.25) is 14.5 Å². The third-order valence-corrected chi connectivity index (χ3v) is 3.17. The van der Waals surface area contributed by atoms with Gasteiger partial charge in [-0.2, -0.15) is 0 Å². The van der Waals surface area contributed by atoms with E-state index in [1.165, 1.54) is 7.11 Å². The fourth-order valence-electron chi connectivity index (χ4n) is 2.03. The maximum absolute atomic E-state index is 12.3. The number of ether oxygens (including phenoxy) is 2. The van der Waals surface area contributed by atoms with Crippen molar-refractivity contribution in [2.24, 2.45) is 0 Å². The molecule has 0 radical (unpaired) electrons. The third kappa shape index (κ3) is 9.42. The van der Waals surface area contributed by atoms with Crippen LogP contribution in [0, 0.1) is 0 Å². The lowest BCUT2D eigenvalue weighted by atomic mass is 10.3. The maximum Gasteiger partial charge on any atom is 0.306 e. The summed E-state index contributed by atoms with van der Waals surface area (Å²) in [4.78, 5) is 27.4. The largest absolute Gasteiger partial charge is 0.469 e. The smallest absolute Gasteiger partial charge is 0.306 e. The van der Waals surface area contributed by atoms with Crippen molar-refractivity contribution in [2.45, 2.75) is 33.1 Å². The highest BCUT2D eigenvalue weighted by molar-refractivity contribution is 5.78. The van der Waals surface area contributed by atoms with Gasteiger partial charge in [0, 0.05) is 33.3 Å². The first-order chi connectivity index (χ1) is 10.1. The molecule has 0 saturated heterocycles. The van der Waals surface area contributed by atoms with Crippen molar-refractivity contribution in [3.63, 3.8) is 0 Å². The van der Waals surface area contributed by atoms with Crippen molar-refractivity contribution in [3.8, 4) is 0 Å². The van der Waals surface area contributed by atoms with Crippen LogP contribution in [0.3, 0.4) is 0 Å². The van der Waals surface area contributed by atoms with Crippen LogP contribution in [0.1, 0.15) is 33.1 Å². The molecule has 6 nitrogen and oxygen atoms in total. The van der Waals surface area contributed by atoms with Crippen molar-refractivity contribution in [2.75, 3.05) is 53.6 Å². The van der Waals surface area contributed by atoms with Gasteiger partial charge in [0.25, 0.3) is 0 Å². The van der Waals surface area contributed by atoms with E-state index in [4.69, 9.17) is 4.74 Å². The molecule has 0 fully saturated rings. The van der Waals surface area contributed by atoms with Gasteiger partial charge in [-0.15, -0.1) is 0 Å². The summed E-state index contributed by atoms with van der Waals surface area (Å²) in [5.41, 5.74) is 0. The predicted octanol–water partition coefficient (Wildman–Crippen LogP) is 1.15. The molecule has 0 aromatic heterocycles. The summed E-state index contributed by atoms with van der Waals surface area (Å²) in [7, 11) is 3.00. The second-order valence-corrected chi connectivity index (χ2v) is 4.98. The Morgan fingerprint density at radius 1 is 0.952 bits per heavy atom. The van der Waals surface area contributed by atoms with E-state index in [1.807, 2.05) is 9.80 Å². The molecule has 0 spiro atoms. The topological polar surface area (TPSA) is 59.1 Å². The molecule has 0 unspecified atom stereocenters. The number of nitrogens with zero attached hydrogens (tertiary/aromatic N) is 2. The highest BCUT2D eigenvalue weighted by Gasteiger charge is 2.17. The molecule has 0 aliphatic rings. The van der Waals surface area contributed by atoms with Gasteiger partial charge in [-0.1, -0.05) is 13.8 Å². The van der Waals surface area contributed by atoms with Crippen LogP contribution in [-0.2, 0) is 19.1 Å². The summed E-state index contributed by atoms with van der Waals surface area (Å²) in [5, 5.41) is 0. The van der Waals surface area contributed by atoms with Crippen LogP contribution >= 0.6 is 0 Å². The molecule has 0 heterocycles. The lowest BCUT2D eigenvalue weighted by Gasteiger charge is -2.26. The number of hydrogen-bond acceptors (Lipinski definition) is 5. The van der Waals surface area contributed by atoms with E-state index >= 15 is 0 Å². The van der Waals surface area contributed by atoms with Crippen LogP contribution < -0.4 is 0 Å².